The maximum atomic E-state index is 5.51. The van der Waals surface area contributed by atoms with Gasteiger partial charge in [-0.05, 0) is 87.4 Å². The van der Waals surface area contributed by atoms with Gasteiger partial charge in [-0.15, -0.1) is 11.3 Å². The van der Waals surface area contributed by atoms with Gasteiger partial charge in [0.25, 0.3) is 0 Å². The van der Waals surface area contributed by atoms with Crippen LogP contribution in [0.15, 0.2) is 224 Å². The van der Waals surface area contributed by atoms with E-state index in [0.717, 1.165) is 83.3 Å². The van der Waals surface area contributed by atoms with Crippen LogP contribution >= 0.6 is 11.3 Å². The Morgan fingerprint density at radius 3 is 1.76 bits per heavy atom. The van der Waals surface area contributed by atoms with Crippen LogP contribution < -0.4 is 4.90 Å². The lowest BCUT2D eigenvalue weighted by molar-refractivity contribution is 1.29. The Bertz CT molecular complexity index is 3640. The molecule has 2 aromatic heterocycles. The van der Waals surface area contributed by atoms with Gasteiger partial charge < -0.3 is 4.90 Å². The van der Waals surface area contributed by atoms with Gasteiger partial charge >= 0.3 is 0 Å². The zero-order valence-corrected chi connectivity index (χ0v) is 34.4. The van der Waals surface area contributed by atoms with Crippen molar-refractivity contribution in [3.05, 3.63) is 224 Å². The summed E-state index contributed by atoms with van der Waals surface area (Å²) in [6.07, 6.45) is 0. The van der Waals surface area contributed by atoms with E-state index in [4.69, 9.17) is 9.97 Å². The van der Waals surface area contributed by atoms with Gasteiger partial charge in [0, 0.05) is 53.6 Å². The molecule has 0 saturated heterocycles. The van der Waals surface area contributed by atoms with E-state index in [1.165, 1.54) is 31.3 Å². The summed E-state index contributed by atoms with van der Waals surface area (Å²) in [5, 5.41) is 7.11. The molecular formula is C58H37N3S. The molecule has 0 bridgehead atoms. The fourth-order valence-electron chi connectivity index (χ4n) is 9.07. The number of thiophene rings is 1. The number of benzene rings is 10. The van der Waals surface area contributed by atoms with Gasteiger partial charge in [-0.25, -0.2) is 9.97 Å². The Labute approximate surface area is 363 Å². The second-order valence-electron chi connectivity index (χ2n) is 15.7. The van der Waals surface area contributed by atoms with Gasteiger partial charge in [-0.3, -0.25) is 0 Å². The largest absolute Gasteiger partial charge is 0.310 e. The summed E-state index contributed by atoms with van der Waals surface area (Å²) in [5.74, 6) is 0. The summed E-state index contributed by atoms with van der Waals surface area (Å²) in [6.45, 7) is 0. The fraction of sp³-hybridized carbons (Fsp3) is 0. The lowest BCUT2D eigenvalue weighted by Gasteiger charge is -2.28. The molecule has 0 unspecified atom stereocenters. The van der Waals surface area contributed by atoms with Crippen LogP contribution in [-0.2, 0) is 0 Å². The Morgan fingerprint density at radius 2 is 0.952 bits per heavy atom. The zero-order chi connectivity index (χ0) is 41.0. The SMILES string of the molecule is c1ccc(-c2ccccc2N(c2cccc(-c3ccc4ccc5ccc6nc(-c7ccccc7)c(-c7ccccc7)nc6c5c4c3)c2)c2ccc3sc4ccccc4c3c2)cc1. The monoisotopic (exact) mass is 807 g/mol. The summed E-state index contributed by atoms with van der Waals surface area (Å²) in [5.41, 5.74) is 13.5. The third kappa shape index (κ3) is 6.20. The smallest absolute Gasteiger partial charge is 0.0979 e. The van der Waals surface area contributed by atoms with Crippen molar-refractivity contribution in [2.24, 2.45) is 0 Å². The predicted octanol–water partition coefficient (Wildman–Crippen LogP) is 16.4. The van der Waals surface area contributed by atoms with Crippen molar-refractivity contribution in [3.8, 4) is 44.8 Å². The average Bonchev–Trinajstić information content (AvgIpc) is 3.72. The molecule has 0 N–H and O–H groups in total. The van der Waals surface area contributed by atoms with E-state index in [9.17, 15) is 0 Å². The van der Waals surface area contributed by atoms with E-state index in [1.807, 2.05) is 23.5 Å². The quantitative estimate of drug-likeness (QED) is 0.150. The van der Waals surface area contributed by atoms with E-state index in [1.54, 1.807) is 0 Å². The van der Waals surface area contributed by atoms with Gasteiger partial charge in [0.2, 0.25) is 0 Å². The van der Waals surface area contributed by atoms with Gasteiger partial charge in [0.05, 0.1) is 28.1 Å². The number of rotatable bonds is 7. The number of anilines is 3. The summed E-state index contributed by atoms with van der Waals surface area (Å²) < 4.78 is 2.58. The van der Waals surface area contributed by atoms with E-state index in [0.29, 0.717) is 0 Å². The molecule has 12 rings (SSSR count). The Balaban J connectivity index is 1.05. The van der Waals surface area contributed by atoms with Crippen molar-refractivity contribution in [1.82, 2.24) is 9.97 Å². The lowest BCUT2D eigenvalue weighted by Crippen LogP contribution is -2.11. The lowest BCUT2D eigenvalue weighted by atomic mass is 9.95. The molecule has 4 heteroatoms. The van der Waals surface area contributed by atoms with Crippen molar-refractivity contribution in [1.29, 1.82) is 0 Å². The highest BCUT2D eigenvalue weighted by atomic mass is 32.1. The highest BCUT2D eigenvalue weighted by molar-refractivity contribution is 7.25. The van der Waals surface area contributed by atoms with Crippen molar-refractivity contribution < 1.29 is 0 Å². The molecular weight excluding hydrogens is 771 g/mol. The summed E-state index contributed by atoms with van der Waals surface area (Å²) in [7, 11) is 0. The van der Waals surface area contributed by atoms with Crippen LogP contribution in [0.4, 0.5) is 17.1 Å². The second-order valence-corrected chi connectivity index (χ2v) is 16.8. The predicted molar refractivity (Wildman–Crippen MR) is 264 cm³/mol. The molecule has 10 aromatic carbocycles. The number of hydrogen-bond donors (Lipinski definition) is 0. The van der Waals surface area contributed by atoms with Crippen molar-refractivity contribution >= 4 is 81.1 Å². The van der Waals surface area contributed by atoms with Crippen LogP contribution in [0.5, 0.6) is 0 Å². The number of aromatic nitrogens is 2. The minimum Gasteiger partial charge on any atom is -0.310 e. The van der Waals surface area contributed by atoms with Gasteiger partial charge in [0.15, 0.2) is 0 Å². The van der Waals surface area contributed by atoms with E-state index in [-0.39, 0.29) is 0 Å². The first-order valence-electron chi connectivity index (χ1n) is 21.0. The first-order valence-corrected chi connectivity index (χ1v) is 21.8. The number of fused-ring (bicyclic) bond motifs is 8. The van der Waals surface area contributed by atoms with Crippen LogP contribution in [0.1, 0.15) is 0 Å². The minimum atomic E-state index is 0.874. The van der Waals surface area contributed by atoms with Crippen LogP contribution in [0.3, 0.4) is 0 Å². The number of para-hydroxylation sites is 1. The molecule has 3 nitrogen and oxygen atoms in total. The number of nitrogens with zero attached hydrogens (tertiary/aromatic N) is 3. The second kappa shape index (κ2) is 15.0. The maximum Gasteiger partial charge on any atom is 0.0979 e. The Kier molecular flexibility index (Phi) is 8.68. The maximum absolute atomic E-state index is 5.51. The third-order valence-electron chi connectivity index (χ3n) is 12.0. The van der Waals surface area contributed by atoms with Crippen molar-refractivity contribution in [2.75, 3.05) is 4.90 Å². The first kappa shape index (κ1) is 36.0. The van der Waals surface area contributed by atoms with Crippen molar-refractivity contribution in [3.63, 3.8) is 0 Å². The van der Waals surface area contributed by atoms with Crippen molar-refractivity contribution in [2.45, 2.75) is 0 Å². The molecule has 12 aromatic rings. The van der Waals surface area contributed by atoms with E-state index in [2.05, 4.69) is 217 Å². The van der Waals surface area contributed by atoms with E-state index >= 15 is 0 Å². The summed E-state index contributed by atoms with van der Waals surface area (Å²) in [6, 6.07) is 80.5. The summed E-state index contributed by atoms with van der Waals surface area (Å²) >= 11 is 1.85. The molecule has 0 aliphatic heterocycles. The molecule has 0 aliphatic carbocycles. The summed E-state index contributed by atoms with van der Waals surface area (Å²) in [4.78, 5) is 13.3. The van der Waals surface area contributed by atoms with Gasteiger partial charge in [-0.1, -0.05) is 170 Å². The molecule has 0 radical (unpaired) electrons. The number of hydrogen-bond acceptors (Lipinski definition) is 4. The molecule has 0 saturated carbocycles. The molecule has 62 heavy (non-hydrogen) atoms. The van der Waals surface area contributed by atoms with Crippen LogP contribution in [0.2, 0.25) is 0 Å². The molecule has 0 aliphatic rings. The normalized spacial score (nSPS) is 11.5. The van der Waals surface area contributed by atoms with Crippen LogP contribution in [0.25, 0.3) is 97.5 Å². The van der Waals surface area contributed by atoms with Gasteiger partial charge in [-0.2, -0.15) is 0 Å². The zero-order valence-electron chi connectivity index (χ0n) is 33.6. The minimum absolute atomic E-state index is 0.874. The Morgan fingerprint density at radius 1 is 0.355 bits per heavy atom. The molecule has 290 valence electrons. The Hall–Kier alpha value is -7.92. The average molecular weight is 808 g/mol. The highest BCUT2D eigenvalue weighted by Crippen LogP contribution is 2.45. The fourth-order valence-corrected chi connectivity index (χ4v) is 10.2. The molecule has 0 amide bonds. The molecule has 2 heterocycles. The molecule has 0 atom stereocenters. The first-order chi connectivity index (χ1) is 30.7. The van der Waals surface area contributed by atoms with Crippen LogP contribution in [0, 0.1) is 0 Å². The third-order valence-corrected chi connectivity index (χ3v) is 13.2. The van der Waals surface area contributed by atoms with Gasteiger partial charge in [0.1, 0.15) is 0 Å². The standard InChI is InChI=1S/C58H37N3S/c1-4-15-38(16-5-1)47-23-10-12-25-52(47)61(46-32-34-54-50(37-46)48-24-11-13-26-53(48)62-54)45-22-14-21-43(35-45)44-30-28-39-27-29-40-31-33-51-58(55(40)49(39)36-44)60-57(42-19-8-3-9-20-42)56(59-51)41-17-6-2-7-18-41/h1-37H. The topological polar surface area (TPSA) is 29.0 Å². The highest BCUT2D eigenvalue weighted by Gasteiger charge is 2.20. The molecule has 0 spiro atoms. The van der Waals surface area contributed by atoms with Crippen LogP contribution in [-0.4, -0.2) is 9.97 Å². The molecule has 0 fully saturated rings. The van der Waals surface area contributed by atoms with E-state index < -0.39 is 0 Å².